The fourth-order valence-corrected chi connectivity index (χ4v) is 2.85. The first-order chi connectivity index (χ1) is 12.2. The molecule has 2 heterocycles. The zero-order chi connectivity index (χ0) is 17.6. The number of nitrogens with zero attached hydrogens (tertiary/aromatic N) is 4. The smallest absolute Gasteiger partial charge is 0.246 e. The summed E-state index contributed by atoms with van der Waals surface area (Å²) in [5.74, 6) is 1.80. The highest BCUT2D eigenvalue weighted by atomic mass is 16.5. The first-order valence-electron chi connectivity index (χ1n) is 8.30. The minimum absolute atomic E-state index is 0.0369. The Hall–Kier alpha value is -2.89. The van der Waals surface area contributed by atoms with E-state index in [0.29, 0.717) is 13.1 Å². The van der Waals surface area contributed by atoms with Gasteiger partial charge in [-0.05, 0) is 30.7 Å². The number of anilines is 1. The molecule has 1 fully saturated rings. The fourth-order valence-electron chi connectivity index (χ4n) is 2.85. The predicted octanol–water partition coefficient (Wildman–Crippen LogP) is 2.16. The number of hydrogen-bond donors (Lipinski definition) is 0. The Morgan fingerprint density at radius 3 is 2.52 bits per heavy atom. The molecule has 0 radical (unpaired) electrons. The van der Waals surface area contributed by atoms with Crippen molar-refractivity contribution in [2.24, 2.45) is 0 Å². The minimum Gasteiger partial charge on any atom is -0.497 e. The van der Waals surface area contributed by atoms with Gasteiger partial charge < -0.3 is 14.5 Å². The molecule has 25 heavy (non-hydrogen) atoms. The van der Waals surface area contributed by atoms with Crippen LogP contribution in [0.5, 0.6) is 5.75 Å². The quantitative estimate of drug-likeness (QED) is 0.800. The van der Waals surface area contributed by atoms with Crippen LogP contribution in [0.4, 0.5) is 5.82 Å². The highest BCUT2D eigenvalue weighted by Gasteiger charge is 2.21. The summed E-state index contributed by atoms with van der Waals surface area (Å²) in [4.78, 5) is 24.8. The number of amides is 1. The maximum atomic E-state index is 12.4. The zero-order valence-corrected chi connectivity index (χ0v) is 14.6. The third kappa shape index (κ3) is 4.15. The number of aromatic nitrogens is 2. The van der Waals surface area contributed by atoms with Crippen molar-refractivity contribution in [1.29, 1.82) is 0 Å². The lowest BCUT2D eigenvalue weighted by molar-refractivity contribution is -0.126. The molecule has 3 rings (SSSR count). The number of rotatable bonds is 4. The van der Waals surface area contributed by atoms with Crippen LogP contribution in [0.15, 0.2) is 42.9 Å². The molecule has 2 aromatic rings. The first kappa shape index (κ1) is 17.0. The normalized spacial score (nSPS) is 14.8. The van der Waals surface area contributed by atoms with Crippen LogP contribution in [0.1, 0.15) is 11.1 Å². The third-order valence-electron chi connectivity index (χ3n) is 4.29. The van der Waals surface area contributed by atoms with Gasteiger partial charge in [0, 0.05) is 44.0 Å². The van der Waals surface area contributed by atoms with E-state index in [4.69, 9.17) is 4.74 Å². The number of piperazine rings is 1. The fraction of sp³-hybridized carbons (Fsp3) is 0.316. The number of benzene rings is 1. The molecule has 0 N–H and O–H groups in total. The van der Waals surface area contributed by atoms with Gasteiger partial charge in [-0.1, -0.05) is 12.1 Å². The van der Waals surface area contributed by atoms with Crippen LogP contribution >= 0.6 is 0 Å². The number of hydrogen-bond acceptors (Lipinski definition) is 5. The first-order valence-corrected chi connectivity index (χ1v) is 8.30. The van der Waals surface area contributed by atoms with Gasteiger partial charge in [0.05, 0.1) is 7.11 Å². The third-order valence-corrected chi connectivity index (χ3v) is 4.29. The van der Waals surface area contributed by atoms with Crippen molar-refractivity contribution in [2.45, 2.75) is 6.92 Å². The molecule has 0 spiro atoms. The van der Waals surface area contributed by atoms with Gasteiger partial charge in [0.25, 0.3) is 0 Å². The molecule has 6 nitrogen and oxygen atoms in total. The van der Waals surface area contributed by atoms with Crippen LogP contribution in [0.3, 0.4) is 0 Å². The lowest BCUT2D eigenvalue weighted by Gasteiger charge is -2.35. The molecular weight excluding hydrogens is 316 g/mol. The van der Waals surface area contributed by atoms with E-state index < -0.39 is 0 Å². The zero-order valence-electron chi connectivity index (χ0n) is 14.6. The summed E-state index contributed by atoms with van der Waals surface area (Å²) in [6.45, 7) is 4.94. The van der Waals surface area contributed by atoms with E-state index in [1.807, 2.05) is 48.4 Å². The van der Waals surface area contributed by atoms with Crippen molar-refractivity contribution < 1.29 is 9.53 Å². The second-order valence-corrected chi connectivity index (χ2v) is 5.95. The van der Waals surface area contributed by atoms with Crippen molar-refractivity contribution in [3.05, 3.63) is 54.0 Å². The molecule has 0 aliphatic carbocycles. The molecule has 1 aromatic carbocycles. The summed E-state index contributed by atoms with van der Waals surface area (Å²) in [6, 6.07) is 7.62. The molecule has 0 unspecified atom stereocenters. The molecule has 0 saturated carbocycles. The van der Waals surface area contributed by atoms with Crippen LogP contribution in [0.25, 0.3) is 6.08 Å². The number of aryl methyl sites for hydroxylation is 1. The van der Waals surface area contributed by atoms with Gasteiger partial charge >= 0.3 is 0 Å². The minimum atomic E-state index is 0.0369. The average molecular weight is 338 g/mol. The van der Waals surface area contributed by atoms with E-state index in [2.05, 4.69) is 14.9 Å². The van der Waals surface area contributed by atoms with Gasteiger partial charge in [0.1, 0.15) is 17.9 Å². The Morgan fingerprint density at radius 1 is 1.16 bits per heavy atom. The number of ether oxygens (including phenoxy) is 1. The molecule has 1 aliphatic rings. The summed E-state index contributed by atoms with van der Waals surface area (Å²) in [5.41, 5.74) is 2.03. The Kier molecular flexibility index (Phi) is 5.28. The summed E-state index contributed by atoms with van der Waals surface area (Å²) < 4.78 is 5.13. The highest BCUT2D eigenvalue weighted by Crippen LogP contribution is 2.17. The maximum absolute atomic E-state index is 12.4. The van der Waals surface area contributed by atoms with E-state index >= 15 is 0 Å². The topological polar surface area (TPSA) is 58.6 Å². The van der Waals surface area contributed by atoms with Crippen LogP contribution in [0.2, 0.25) is 0 Å². The van der Waals surface area contributed by atoms with Gasteiger partial charge in [-0.2, -0.15) is 0 Å². The second kappa shape index (κ2) is 7.79. The lowest BCUT2D eigenvalue weighted by Crippen LogP contribution is -2.48. The van der Waals surface area contributed by atoms with Crippen molar-refractivity contribution in [3.63, 3.8) is 0 Å². The van der Waals surface area contributed by atoms with Crippen molar-refractivity contribution in [2.75, 3.05) is 38.2 Å². The molecule has 0 bridgehead atoms. The molecule has 1 saturated heterocycles. The van der Waals surface area contributed by atoms with Crippen molar-refractivity contribution in [1.82, 2.24) is 14.9 Å². The number of carbonyl (C=O) groups is 1. The van der Waals surface area contributed by atoms with Crippen LogP contribution in [-0.4, -0.2) is 54.1 Å². The van der Waals surface area contributed by atoms with Crippen molar-refractivity contribution in [3.8, 4) is 5.75 Å². The SMILES string of the molecule is COc1ccc(/C=C/C(=O)N2CCN(c3ncncc3C)CC2)cc1. The highest BCUT2D eigenvalue weighted by molar-refractivity contribution is 5.92. The molecule has 6 heteroatoms. The monoisotopic (exact) mass is 338 g/mol. The number of methoxy groups -OCH3 is 1. The predicted molar refractivity (Wildman–Crippen MR) is 97.6 cm³/mol. The van der Waals surface area contributed by atoms with Gasteiger partial charge in [-0.25, -0.2) is 9.97 Å². The molecule has 1 amide bonds. The van der Waals surface area contributed by atoms with Crippen LogP contribution in [-0.2, 0) is 4.79 Å². The van der Waals surface area contributed by atoms with E-state index in [1.165, 1.54) is 0 Å². The summed E-state index contributed by atoms with van der Waals surface area (Å²) in [5, 5.41) is 0. The van der Waals surface area contributed by atoms with Gasteiger partial charge in [0.2, 0.25) is 5.91 Å². The van der Waals surface area contributed by atoms with E-state index in [0.717, 1.165) is 35.8 Å². The Balaban J connectivity index is 1.56. The maximum Gasteiger partial charge on any atom is 0.246 e. The summed E-state index contributed by atoms with van der Waals surface area (Å²) in [6.07, 6.45) is 6.85. The van der Waals surface area contributed by atoms with E-state index in [1.54, 1.807) is 19.5 Å². The van der Waals surface area contributed by atoms with Gasteiger partial charge in [0.15, 0.2) is 0 Å². The lowest BCUT2D eigenvalue weighted by atomic mass is 10.2. The average Bonchev–Trinajstić information content (AvgIpc) is 2.67. The Morgan fingerprint density at radius 2 is 1.88 bits per heavy atom. The molecule has 130 valence electrons. The largest absolute Gasteiger partial charge is 0.497 e. The summed E-state index contributed by atoms with van der Waals surface area (Å²) >= 11 is 0. The van der Waals surface area contributed by atoms with Crippen molar-refractivity contribution >= 4 is 17.8 Å². The molecular formula is C19H22N4O2. The van der Waals surface area contributed by atoms with E-state index in [9.17, 15) is 4.79 Å². The standard InChI is InChI=1S/C19H22N4O2/c1-15-13-20-14-21-19(15)23-11-9-22(10-12-23)18(24)8-5-16-3-6-17(25-2)7-4-16/h3-8,13-14H,9-12H2,1-2H3/b8-5+. The molecule has 1 aromatic heterocycles. The Labute approximate surface area is 147 Å². The van der Waals surface area contributed by atoms with Crippen LogP contribution in [0, 0.1) is 6.92 Å². The van der Waals surface area contributed by atoms with Gasteiger partial charge in [-0.15, -0.1) is 0 Å². The molecule has 0 atom stereocenters. The molecule has 1 aliphatic heterocycles. The van der Waals surface area contributed by atoms with Crippen LogP contribution < -0.4 is 9.64 Å². The van der Waals surface area contributed by atoms with E-state index in [-0.39, 0.29) is 5.91 Å². The number of carbonyl (C=O) groups excluding carboxylic acids is 1. The Bertz CT molecular complexity index is 750. The van der Waals surface area contributed by atoms with Gasteiger partial charge in [-0.3, -0.25) is 4.79 Å². The second-order valence-electron chi connectivity index (χ2n) is 5.95. The summed E-state index contributed by atoms with van der Waals surface area (Å²) in [7, 11) is 1.64.